The topological polar surface area (TPSA) is 65.8 Å². The predicted octanol–water partition coefficient (Wildman–Crippen LogP) is 6.23. The van der Waals surface area contributed by atoms with E-state index in [9.17, 15) is 9.59 Å². The Hall–Kier alpha value is -3.25. The molecule has 0 saturated heterocycles. The van der Waals surface area contributed by atoms with E-state index < -0.39 is 0 Å². The zero-order valence-corrected chi connectivity index (χ0v) is 20.3. The molecule has 7 heteroatoms. The van der Waals surface area contributed by atoms with Crippen LogP contribution in [-0.2, 0) is 6.54 Å². The summed E-state index contributed by atoms with van der Waals surface area (Å²) in [4.78, 5) is 30.2. The second-order valence-electron chi connectivity index (χ2n) is 8.87. The second-order valence-corrected chi connectivity index (χ2v) is 9.28. The molecule has 178 valence electrons. The molecule has 34 heavy (non-hydrogen) atoms. The highest BCUT2D eigenvalue weighted by Gasteiger charge is 2.29. The number of hydrogen-bond donors (Lipinski definition) is 1. The van der Waals surface area contributed by atoms with Crippen LogP contribution < -0.4 is 10.2 Å². The van der Waals surface area contributed by atoms with Crippen LogP contribution in [-0.4, -0.2) is 36.9 Å². The van der Waals surface area contributed by atoms with Gasteiger partial charge in [-0.1, -0.05) is 43.0 Å². The lowest BCUT2D eigenvalue weighted by atomic mass is 9.93. The summed E-state index contributed by atoms with van der Waals surface area (Å²) in [7, 11) is 3.94. The molecule has 0 spiro atoms. The van der Waals surface area contributed by atoms with E-state index in [1.807, 2.05) is 42.1 Å². The first-order chi connectivity index (χ1) is 16.4. The smallest absolute Gasteiger partial charge is 0.290 e. The van der Waals surface area contributed by atoms with Crippen molar-refractivity contribution < 1.29 is 14.0 Å². The van der Waals surface area contributed by atoms with Gasteiger partial charge in [0.1, 0.15) is 0 Å². The molecular formula is C27H30ClN3O3. The molecule has 0 bridgehead atoms. The van der Waals surface area contributed by atoms with Crippen LogP contribution in [0.5, 0.6) is 0 Å². The predicted molar refractivity (Wildman–Crippen MR) is 136 cm³/mol. The standard InChI is InChI=1S/C27H30ClN3O3/c1-30(2)24-15-14-20(29-26(32)22-11-6-7-12-23(22)28)17-19(24)18-31(21-9-4-3-5-10-21)27(33)25-13-8-16-34-25/h6-8,11-17,21H,3-5,9-10,18H2,1-2H3,(H,29,32). The van der Waals surface area contributed by atoms with Crippen molar-refractivity contribution >= 4 is 34.8 Å². The normalized spacial score (nSPS) is 14.0. The maximum absolute atomic E-state index is 13.4. The minimum absolute atomic E-state index is 0.105. The zero-order valence-electron chi connectivity index (χ0n) is 19.6. The van der Waals surface area contributed by atoms with Crippen molar-refractivity contribution in [2.75, 3.05) is 24.3 Å². The van der Waals surface area contributed by atoms with E-state index in [1.165, 1.54) is 12.7 Å². The van der Waals surface area contributed by atoms with Crippen molar-refractivity contribution in [1.29, 1.82) is 0 Å². The highest BCUT2D eigenvalue weighted by Crippen LogP contribution is 2.30. The molecule has 1 saturated carbocycles. The molecule has 1 heterocycles. The molecule has 4 rings (SSSR count). The van der Waals surface area contributed by atoms with E-state index >= 15 is 0 Å². The number of benzene rings is 2. The molecule has 1 aliphatic carbocycles. The van der Waals surface area contributed by atoms with Crippen LogP contribution in [0.2, 0.25) is 5.02 Å². The maximum atomic E-state index is 13.4. The molecule has 1 N–H and O–H groups in total. The average molecular weight is 480 g/mol. The summed E-state index contributed by atoms with van der Waals surface area (Å²) in [5.41, 5.74) is 3.01. The van der Waals surface area contributed by atoms with Crippen molar-refractivity contribution in [1.82, 2.24) is 4.90 Å². The Bertz CT molecular complexity index is 1140. The van der Waals surface area contributed by atoms with E-state index in [-0.39, 0.29) is 17.9 Å². The summed E-state index contributed by atoms with van der Waals surface area (Å²) in [5, 5.41) is 3.35. The number of nitrogens with one attached hydrogen (secondary N) is 1. The Morgan fingerprint density at radius 2 is 1.79 bits per heavy atom. The largest absolute Gasteiger partial charge is 0.459 e. The minimum Gasteiger partial charge on any atom is -0.459 e. The lowest BCUT2D eigenvalue weighted by Crippen LogP contribution is -2.41. The maximum Gasteiger partial charge on any atom is 0.290 e. The number of carbonyl (C=O) groups is 2. The Kier molecular flexibility index (Phi) is 7.58. The van der Waals surface area contributed by atoms with Crippen molar-refractivity contribution in [2.45, 2.75) is 44.7 Å². The average Bonchev–Trinajstić information content (AvgIpc) is 3.38. The first-order valence-corrected chi connectivity index (χ1v) is 12.0. The van der Waals surface area contributed by atoms with Gasteiger partial charge < -0.3 is 19.5 Å². The number of rotatable bonds is 7. The number of carbonyl (C=O) groups excluding carboxylic acids is 2. The van der Waals surface area contributed by atoms with Crippen LogP contribution in [0.15, 0.2) is 65.3 Å². The number of furan rings is 1. The molecule has 1 aliphatic rings. The van der Waals surface area contributed by atoms with Crippen LogP contribution >= 0.6 is 11.6 Å². The molecule has 0 radical (unpaired) electrons. The molecule has 1 aromatic heterocycles. The number of amides is 2. The molecule has 0 unspecified atom stereocenters. The van der Waals surface area contributed by atoms with E-state index in [4.69, 9.17) is 16.0 Å². The molecule has 3 aromatic rings. The molecule has 0 atom stereocenters. The Morgan fingerprint density at radius 1 is 1.03 bits per heavy atom. The summed E-state index contributed by atoms with van der Waals surface area (Å²) < 4.78 is 5.45. The lowest BCUT2D eigenvalue weighted by Gasteiger charge is -2.35. The fourth-order valence-electron chi connectivity index (χ4n) is 4.55. The lowest BCUT2D eigenvalue weighted by molar-refractivity contribution is 0.0582. The molecule has 2 amide bonds. The molecule has 6 nitrogen and oxygen atoms in total. The van der Waals surface area contributed by atoms with Crippen molar-refractivity contribution in [2.24, 2.45) is 0 Å². The van der Waals surface area contributed by atoms with Crippen LogP contribution in [0, 0.1) is 0 Å². The highest BCUT2D eigenvalue weighted by molar-refractivity contribution is 6.34. The van der Waals surface area contributed by atoms with Gasteiger partial charge in [0.05, 0.1) is 16.8 Å². The summed E-state index contributed by atoms with van der Waals surface area (Å²) >= 11 is 6.20. The van der Waals surface area contributed by atoms with Gasteiger partial charge >= 0.3 is 0 Å². The van der Waals surface area contributed by atoms with Gasteiger partial charge in [0, 0.05) is 38.1 Å². The van der Waals surface area contributed by atoms with Crippen LogP contribution in [0.25, 0.3) is 0 Å². The summed E-state index contributed by atoms with van der Waals surface area (Å²) in [5.74, 6) is -0.0304. The molecule has 0 aliphatic heterocycles. The van der Waals surface area contributed by atoms with E-state index in [0.29, 0.717) is 28.6 Å². The zero-order chi connectivity index (χ0) is 24.1. The first kappa shape index (κ1) is 23.9. The van der Waals surface area contributed by atoms with E-state index in [0.717, 1.165) is 36.9 Å². The van der Waals surface area contributed by atoms with Gasteiger partial charge in [-0.15, -0.1) is 0 Å². The number of nitrogens with zero attached hydrogens (tertiary/aromatic N) is 2. The Labute approximate surface area is 205 Å². The van der Waals surface area contributed by atoms with Gasteiger partial charge in [0.25, 0.3) is 11.8 Å². The van der Waals surface area contributed by atoms with Crippen molar-refractivity contribution in [3.63, 3.8) is 0 Å². The highest BCUT2D eigenvalue weighted by atomic mass is 35.5. The fourth-order valence-corrected chi connectivity index (χ4v) is 4.78. The van der Waals surface area contributed by atoms with Gasteiger partial charge in [-0.3, -0.25) is 9.59 Å². The van der Waals surface area contributed by atoms with Gasteiger partial charge in [-0.25, -0.2) is 0 Å². The number of hydrogen-bond acceptors (Lipinski definition) is 4. The minimum atomic E-state index is -0.273. The Balaban J connectivity index is 1.64. The molecular weight excluding hydrogens is 450 g/mol. The monoisotopic (exact) mass is 479 g/mol. The van der Waals surface area contributed by atoms with Crippen LogP contribution in [0.1, 0.15) is 58.6 Å². The van der Waals surface area contributed by atoms with Gasteiger partial charge in [0.2, 0.25) is 0 Å². The van der Waals surface area contributed by atoms with Crippen molar-refractivity contribution in [3.05, 3.63) is 82.8 Å². The molecule has 1 fully saturated rings. The number of halogens is 1. The quantitative estimate of drug-likeness (QED) is 0.436. The molecule has 2 aromatic carbocycles. The fraction of sp³-hybridized carbons (Fsp3) is 0.333. The SMILES string of the molecule is CN(C)c1ccc(NC(=O)c2ccccc2Cl)cc1CN(C(=O)c1ccco1)C1CCCCC1. The summed E-state index contributed by atoms with van der Waals surface area (Å²) in [6.07, 6.45) is 6.91. The van der Waals surface area contributed by atoms with Crippen molar-refractivity contribution in [3.8, 4) is 0 Å². The first-order valence-electron chi connectivity index (χ1n) is 11.6. The summed E-state index contributed by atoms with van der Waals surface area (Å²) in [6.45, 7) is 0.424. The third kappa shape index (κ3) is 5.45. The van der Waals surface area contributed by atoms with Crippen LogP contribution in [0.4, 0.5) is 11.4 Å². The van der Waals surface area contributed by atoms with E-state index in [2.05, 4.69) is 5.32 Å². The van der Waals surface area contributed by atoms with Crippen LogP contribution in [0.3, 0.4) is 0 Å². The second kappa shape index (κ2) is 10.8. The van der Waals surface area contributed by atoms with Gasteiger partial charge in [-0.2, -0.15) is 0 Å². The third-order valence-corrected chi connectivity index (χ3v) is 6.62. The van der Waals surface area contributed by atoms with Gasteiger partial charge in [0.15, 0.2) is 5.76 Å². The third-order valence-electron chi connectivity index (χ3n) is 6.29. The van der Waals surface area contributed by atoms with Gasteiger partial charge in [-0.05, 0) is 60.9 Å². The summed E-state index contributed by atoms with van der Waals surface area (Å²) in [6, 6.07) is 16.3. The van der Waals surface area contributed by atoms with E-state index in [1.54, 1.807) is 36.4 Å². The number of anilines is 2. The Morgan fingerprint density at radius 3 is 2.47 bits per heavy atom.